The number of rotatable bonds is 11. The Bertz CT molecular complexity index is 526. The molecule has 26 heavy (non-hydrogen) atoms. The lowest BCUT2D eigenvalue weighted by atomic mass is 9.72. The van der Waals surface area contributed by atoms with E-state index in [-0.39, 0.29) is 11.8 Å². The maximum absolute atomic E-state index is 11.9. The summed E-state index contributed by atoms with van der Waals surface area (Å²) in [7, 11) is 3.18. The number of ether oxygens (including phenoxy) is 1. The molecule has 0 saturated heterocycles. The van der Waals surface area contributed by atoms with Crippen LogP contribution in [0.2, 0.25) is 0 Å². The van der Waals surface area contributed by atoms with Gasteiger partial charge in [0, 0.05) is 17.2 Å². The number of alkyl carbamates (subject to hydrolysis) is 1. The number of amides is 1. The largest absolute Gasteiger partial charge is 0.481 e. The number of carbonyl (C=O) groups excluding carboxylic acids is 1. The van der Waals surface area contributed by atoms with E-state index in [1.54, 1.807) is 27.7 Å². The maximum atomic E-state index is 11.9. The molecule has 1 aliphatic carbocycles. The van der Waals surface area contributed by atoms with Crippen molar-refractivity contribution in [1.82, 2.24) is 5.32 Å². The van der Waals surface area contributed by atoms with Crippen molar-refractivity contribution in [3.05, 3.63) is 35.8 Å². The summed E-state index contributed by atoms with van der Waals surface area (Å²) in [6, 6.07) is 0. The monoisotopic (exact) mass is 399 g/mol. The topological polar surface area (TPSA) is 75.6 Å². The Morgan fingerprint density at radius 1 is 1.31 bits per heavy atom. The molecule has 0 aromatic carbocycles. The highest BCUT2D eigenvalue weighted by Crippen LogP contribution is 2.38. The summed E-state index contributed by atoms with van der Waals surface area (Å²) >= 11 is 0. The van der Waals surface area contributed by atoms with E-state index in [1.165, 1.54) is 0 Å². The van der Waals surface area contributed by atoms with Crippen molar-refractivity contribution >= 4 is 33.7 Å². The predicted molar refractivity (Wildman–Crippen MR) is 110 cm³/mol. The van der Waals surface area contributed by atoms with Gasteiger partial charge in [0.25, 0.3) is 0 Å². The van der Waals surface area contributed by atoms with E-state index in [0.29, 0.717) is 18.9 Å². The van der Waals surface area contributed by atoms with Crippen LogP contribution >= 0.6 is 21.6 Å². The summed E-state index contributed by atoms with van der Waals surface area (Å²) in [5, 5.41) is 11.9. The second-order valence-corrected chi connectivity index (χ2v) is 8.81. The van der Waals surface area contributed by atoms with E-state index < -0.39 is 12.1 Å². The highest BCUT2D eigenvalue weighted by Gasteiger charge is 2.34. The number of carboxylic acids is 1. The Kier molecular flexibility index (Phi) is 11.3. The van der Waals surface area contributed by atoms with Gasteiger partial charge in [0.05, 0.1) is 6.42 Å². The van der Waals surface area contributed by atoms with Gasteiger partial charge in [-0.25, -0.2) is 4.79 Å². The molecule has 0 atom stereocenters. The highest BCUT2D eigenvalue weighted by molar-refractivity contribution is 8.78. The molecule has 0 aliphatic heterocycles. The van der Waals surface area contributed by atoms with Gasteiger partial charge in [-0.3, -0.25) is 4.79 Å². The van der Waals surface area contributed by atoms with Crippen LogP contribution in [-0.4, -0.2) is 36.1 Å². The van der Waals surface area contributed by atoms with Crippen LogP contribution in [0.3, 0.4) is 0 Å². The van der Waals surface area contributed by atoms with Crippen molar-refractivity contribution in [2.75, 3.05) is 18.9 Å². The third-order valence-electron chi connectivity index (χ3n) is 4.26. The summed E-state index contributed by atoms with van der Waals surface area (Å²) in [5.74, 6) is -0.140. The number of hydrogen-bond donors (Lipinski definition) is 2. The van der Waals surface area contributed by atoms with Gasteiger partial charge in [-0.05, 0) is 31.3 Å². The Morgan fingerprint density at radius 3 is 2.65 bits per heavy atom. The lowest BCUT2D eigenvalue weighted by Gasteiger charge is -2.36. The van der Waals surface area contributed by atoms with Gasteiger partial charge in [-0.1, -0.05) is 65.7 Å². The third-order valence-corrected chi connectivity index (χ3v) is 6.63. The zero-order valence-corrected chi connectivity index (χ0v) is 17.0. The number of allylic oxidation sites excluding steroid dienone is 4. The average molecular weight is 400 g/mol. The van der Waals surface area contributed by atoms with Crippen LogP contribution in [0, 0.1) is 5.41 Å². The number of nitrogens with one attached hydrogen (secondary N) is 1. The average Bonchev–Trinajstić information content (AvgIpc) is 2.62. The minimum atomic E-state index is -0.806. The third kappa shape index (κ3) is 9.38. The van der Waals surface area contributed by atoms with E-state index in [9.17, 15) is 9.59 Å². The number of aliphatic carboxylic acids is 1. The van der Waals surface area contributed by atoms with Gasteiger partial charge in [-0.15, -0.1) is 0 Å². The normalized spacial score (nSPS) is 17.0. The van der Waals surface area contributed by atoms with E-state index in [0.717, 1.165) is 37.0 Å². The first-order valence-electron chi connectivity index (χ1n) is 8.89. The Balaban J connectivity index is 2.26. The molecule has 1 fully saturated rings. The van der Waals surface area contributed by atoms with Gasteiger partial charge < -0.3 is 15.2 Å². The minimum Gasteiger partial charge on any atom is -0.481 e. The summed E-state index contributed by atoms with van der Waals surface area (Å²) in [5.41, 5.74) is -0.329. The molecule has 0 bridgehead atoms. The first kappa shape index (κ1) is 22.7. The Morgan fingerprint density at radius 2 is 2.04 bits per heavy atom. The van der Waals surface area contributed by atoms with Gasteiger partial charge in [0.1, 0.15) is 6.61 Å². The van der Waals surface area contributed by atoms with Crippen LogP contribution in [0.4, 0.5) is 4.79 Å². The maximum Gasteiger partial charge on any atom is 0.407 e. The zero-order valence-electron chi connectivity index (χ0n) is 15.4. The molecular weight excluding hydrogens is 370 g/mol. The molecule has 1 amide bonds. The summed E-state index contributed by atoms with van der Waals surface area (Å²) in [4.78, 5) is 24.1. The van der Waals surface area contributed by atoms with Crippen LogP contribution in [0.25, 0.3) is 0 Å². The first-order valence-corrected chi connectivity index (χ1v) is 11.2. The fraction of sp³-hybridized carbons (Fsp3) is 0.579. The number of hydrogen-bond acceptors (Lipinski definition) is 5. The van der Waals surface area contributed by atoms with Crippen molar-refractivity contribution in [1.29, 1.82) is 0 Å². The fourth-order valence-electron chi connectivity index (χ4n) is 2.95. The molecule has 0 aromatic heterocycles. The summed E-state index contributed by atoms with van der Waals surface area (Å²) < 4.78 is 5.19. The molecule has 2 N–H and O–H groups in total. The van der Waals surface area contributed by atoms with Gasteiger partial charge in [-0.2, -0.15) is 0 Å². The molecule has 1 rings (SSSR count). The molecule has 0 heterocycles. The second kappa shape index (κ2) is 12.9. The molecule has 146 valence electrons. The SMILES string of the molecule is C=C/C(=C\C=C/C)SSCCOC(=O)NCC1(CC(=O)O)CCCCC1. The summed E-state index contributed by atoms with van der Waals surface area (Å²) in [6.45, 7) is 6.39. The van der Waals surface area contributed by atoms with Crippen molar-refractivity contribution in [2.45, 2.75) is 45.4 Å². The van der Waals surface area contributed by atoms with Crippen molar-refractivity contribution < 1.29 is 19.4 Å². The molecule has 0 spiro atoms. The minimum absolute atomic E-state index is 0.0998. The molecule has 1 saturated carbocycles. The summed E-state index contributed by atoms with van der Waals surface area (Å²) in [6.07, 6.45) is 12.1. The molecule has 7 heteroatoms. The van der Waals surface area contributed by atoms with Gasteiger partial charge in [0.15, 0.2) is 0 Å². The Hall–Kier alpha value is -1.34. The lowest BCUT2D eigenvalue weighted by Crippen LogP contribution is -2.40. The lowest BCUT2D eigenvalue weighted by molar-refractivity contribution is -0.140. The number of carboxylic acid groups (broad SMARTS) is 1. The molecule has 0 radical (unpaired) electrons. The van der Waals surface area contributed by atoms with Crippen LogP contribution in [-0.2, 0) is 9.53 Å². The van der Waals surface area contributed by atoms with E-state index in [1.807, 2.05) is 25.2 Å². The van der Waals surface area contributed by atoms with Crippen LogP contribution in [0.1, 0.15) is 45.4 Å². The van der Waals surface area contributed by atoms with Crippen LogP contribution in [0.5, 0.6) is 0 Å². The molecule has 1 aliphatic rings. The van der Waals surface area contributed by atoms with Gasteiger partial charge in [0.2, 0.25) is 0 Å². The molecular formula is C19H29NO4S2. The van der Waals surface area contributed by atoms with Crippen LogP contribution in [0.15, 0.2) is 35.8 Å². The Labute approximate surface area is 164 Å². The van der Waals surface area contributed by atoms with Crippen LogP contribution < -0.4 is 5.32 Å². The van der Waals surface area contributed by atoms with E-state index in [4.69, 9.17) is 9.84 Å². The van der Waals surface area contributed by atoms with Crippen molar-refractivity contribution in [3.8, 4) is 0 Å². The second-order valence-electron chi connectivity index (χ2n) is 6.32. The van der Waals surface area contributed by atoms with Crippen molar-refractivity contribution in [3.63, 3.8) is 0 Å². The quantitative estimate of drug-likeness (QED) is 0.284. The first-order chi connectivity index (χ1) is 12.5. The molecule has 0 unspecified atom stereocenters. The number of carbonyl (C=O) groups is 2. The predicted octanol–water partition coefficient (Wildman–Crippen LogP) is 5.17. The standard InChI is InChI=1S/C19H29NO4S2/c1-3-5-9-16(4-2)26-25-13-12-24-18(23)20-15-19(14-17(21)22)10-7-6-8-11-19/h3-5,9H,2,6-8,10-15H2,1H3,(H,20,23)(H,21,22)/b5-3-,16-9+. The van der Waals surface area contributed by atoms with E-state index in [2.05, 4.69) is 11.9 Å². The zero-order chi connectivity index (χ0) is 19.3. The smallest absolute Gasteiger partial charge is 0.407 e. The molecule has 0 aromatic rings. The van der Waals surface area contributed by atoms with Gasteiger partial charge >= 0.3 is 12.1 Å². The van der Waals surface area contributed by atoms with Crippen molar-refractivity contribution in [2.24, 2.45) is 5.41 Å². The fourth-order valence-corrected chi connectivity index (χ4v) is 4.75. The molecule has 5 nitrogen and oxygen atoms in total. The highest BCUT2D eigenvalue weighted by atomic mass is 33.1. The van der Waals surface area contributed by atoms with E-state index >= 15 is 0 Å².